The molecule has 2 aliphatic heterocycles. The van der Waals surface area contributed by atoms with Gasteiger partial charge in [-0.05, 0) is 36.5 Å². The lowest BCUT2D eigenvalue weighted by molar-refractivity contribution is -0.286. The number of carbonyl (C=O) groups is 1. The number of carboxylic acid groups (broad SMARTS) is 1. The van der Waals surface area contributed by atoms with Crippen molar-refractivity contribution in [2.45, 2.75) is 31.7 Å². The van der Waals surface area contributed by atoms with Gasteiger partial charge in [-0.15, -0.1) is 8.78 Å². The highest BCUT2D eigenvalue weighted by atomic mass is 19.3. The lowest BCUT2D eigenvalue weighted by Crippen LogP contribution is -2.44. The third kappa shape index (κ3) is 3.70. The Balaban J connectivity index is 1.64. The monoisotopic (exact) mass is 329 g/mol. The summed E-state index contributed by atoms with van der Waals surface area (Å²) in [6.07, 6.45) is -2.30. The number of benzene rings is 1. The molecule has 23 heavy (non-hydrogen) atoms. The number of alkyl halides is 2. The molecule has 6 nitrogen and oxygen atoms in total. The van der Waals surface area contributed by atoms with Crippen LogP contribution in [0, 0.1) is 5.92 Å². The van der Waals surface area contributed by atoms with E-state index >= 15 is 0 Å². The van der Waals surface area contributed by atoms with Crippen LogP contribution in [-0.2, 0) is 16.1 Å². The van der Waals surface area contributed by atoms with Gasteiger partial charge in [0.25, 0.3) is 0 Å². The normalized spacial score (nSPS) is 21.1. The van der Waals surface area contributed by atoms with E-state index in [0.717, 1.165) is 0 Å². The van der Waals surface area contributed by atoms with E-state index in [4.69, 9.17) is 4.74 Å². The van der Waals surface area contributed by atoms with Crippen molar-refractivity contribution in [1.29, 1.82) is 0 Å². The summed E-state index contributed by atoms with van der Waals surface area (Å²) in [4.78, 5) is 11.4. The summed E-state index contributed by atoms with van der Waals surface area (Å²) in [6, 6.07) is 3.70. The first-order valence-corrected chi connectivity index (χ1v) is 7.37. The molecule has 8 heteroatoms. The number of hydrogen-bond donors (Lipinski definition) is 2. The van der Waals surface area contributed by atoms with Crippen LogP contribution in [0.3, 0.4) is 0 Å². The molecule has 1 aromatic carbocycles. The van der Waals surface area contributed by atoms with E-state index in [-0.39, 0.29) is 24.0 Å². The first-order chi connectivity index (χ1) is 10.9. The summed E-state index contributed by atoms with van der Waals surface area (Å²) in [5.41, 5.74) is 0.642. The molecule has 1 atom stereocenters. The van der Waals surface area contributed by atoms with Crippen molar-refractivity contribution < 1.29 is 32.9 Å². The molecule has 1 fully saturated rings. The minimum Gasteiger partial charge on any atom is -0.480 e. The zero-order valence-electron chi connectivity index (χ0n) is 12.3. The molecule has 126 valence electrons. The number of fused-ring (bicyclic) bond motifs is 1. The lowest BCUT2D eigenvalue weighted by atomic mass is 9.91. The van der Waals surface area contributed by atoms with Crippen molar-refractivity contribution in [1.82, 2.24) is 5.32 Å². The first-order valence-electron chi connectivity index (χ1n) is 7.37. The molecular formula is C15H17F2NO5. The lowest BCUT2D eigenvalue weighted by Gasteiger charge is -2.28. The van der Waals surface area contributed by atoms with E-state index in [1.807, 2.05) is 0 Å². The van der Waals surface area contributed by atoms with Crippen molar-refractivity contribution >= 4 is 5.97 Å². The quantitative estimate of drug-likeness (QED) is 0.860. The van der Waals surface area contributed by atoms with Gasteiger partial charge >= 0.3 is 12.3 Å². The zero-order valence-corrected chi connectivity index (χ0v) is 12.3. The van der Waals surface area contributed by atoms with E-state index in [2.05, 4.69) is 14.8 Å². The molecule has 0 saturated carbocycles. The second-order valence-corrected chi connectivity index (χ2v) is 5.60. The predicted molar refractivity (Wildman–Crippen MR) is 74.5 cm³/mol. The molecule has 0 bridgehead atoms. The van der Waals surface area contributed by atoms with Gasteiger partial charge in [-0.1, -0.05) is 6.07 Å². The Morgan fingerprint density at radius 1 is 1.30 bits per heavy atom. The van der Waals surface area contributed by atoms with Gasteiger partial charge in [0.2, 0.25) is 0 Å². The number of rotatable bonds is 5. The second-order valence-electron chi connectivity index (χ2n) is 5.60. The van der Waals surface area contributed by atoms with Crippen LogP contribution in [0.25, 0.3) is 0 Å². The molecule has 3 rings (SSSR count). The fourth-order valence-corrected chi connectivity index (χ4v) is 2.84. The summed E-state index contributed by atoms with van der Waals surface area (Å²) >= 11 is 0. The highest BCUT2D eigenvalue weighted by molar-refractivity contribution is 5.73. The number of aliphatic carboxylic acids is 1. The molecule has 1 aromatic rings. The van der Waals surface area contributed by atoms with Crippen LogP contribution in [0.4, 0.5) is 8.78 Å². The Bertz CT molecular complexity index is 589. The largest absolute Gasteiger partial charge is 0.586 e. The van der Waals surface area contributed by atoms with Crippen LogP contribution >= 0.6 is 0 Å². The average Bonchev–Trinajstić information content (AvgIpc) is 2.81. The number of carboxylic acids is 1. The highest BCUT2D eigenvalue weighted by Gasteiger charge is 2.43. The molecule has 0 aromatic heterocycles. The second kappa shape index (κ2) is 6.29. The minimum absolute atomic E-state index is 0.0143. The SMILES string of the molecule is O=C(O)C(NCc1ccc2c(c1)OC(F)(F)O2)C1CCOCC1. The van der Waals surface area contributed by atoms with Crippen LogP contribution in [0.2, 0.25) is 0 Å². The Kier molecular flexibility index (Phi) is 4.36. The Morgan fingerprint density at radius 2 is 2.00 bits per heavy atom. The topological polar surface area (TPSA) is 77.0 Å². The maximum Gasteiger partial charge on any atom is 0.586 e. The smallest absolute Gasteiger partial charge is 0.480 e. The van der Waals surface area contributed by atoms with E-state index in [1.54, 1.807) is 6.07 Å². The van der Waals surface area contributed by atoms with Gasteiger partial charge < -0.3 is 24.6 Å². The summed E-state index contributed by atoms with van der Waals surface area (Å²) in [6.45, 7) is 1.33. The maximum absolute atomic E-state index is 13.0. The Morgan fingerprint density at radius 3 is 2.70 bits per heavy atom. The number of hydrogen-bond acceptors (Lipinski definition) is 5. The van der Waals surface area contributed by atoms with Crippen LogP contribution in [-0.4, -0.2) is 36.6 Å². The third-order valence-corrected chi connectivity index (χ3v) is 4.00. The van der Waals surface area contributed by atoms with E-state index < -0.39 is 18.3 Å². The summed E-state index contributed by atoms with van der Waals surface area (Å²) in [5.74, 6) is -1.02. The van der Waals surface area contributed by atoms with Gasteiger partial charge in [0, 0.05) is 19.8 Å². The van der Waals surface area contributed by atoms with Crippen molar-refractivity contribution in [3.05, 3.63) is 23.8 Å². The highest BCUT2D eigenvalue weighted by Crippen LogP contribution is 2.41. The standard InChI is InChI=1S/C15H17F2NO5/c16-15(17)22-11-2-1-9(7-12(11)23-15)8-18-13(14(19)20)10-3-5-21-6-4-10/h1-2,7,10,13,18H,3-6,8H2,(H,19,20). The van der Waals surface area contributed by atoms with E-state index in [9.17, 15) is 18.7 Å². The first kappa shape index (κ1) is 15.9. The Labute approximate surface area is 131 Å². The van der Waals surface area contributed by atoms with Gasteiger partial charge in [0.05, 0.1) is 0 Å². The number of halogens is 2. The van der Waals surface area contributed by atoms with Crippen molar-refractivity contribution in [2.24, 2.45) is 5.92 Å². The van der Waals surface area contributed by atoms with Gasteiger partial charge in [-0.2, -0.15) is 0 Å². The molecule has 0 amide bonds. The van der Waals surface area contributed by atoms with Crippen molar-refractivity contribution in [3.8, 4) is 11.5 Å². The van der Waals surface area contributed by atoms with Gasteiger partial charge in [-0.25, -0.2) is 0 Å². The van der Waals surface area contributed by atoms with E-state index in [0.29, 0.717) is 31.6 Å². The Hall–Kier alpha value is -1.93. The van der Waals surface area contributed by atoms with Crippen LogP contribution in [0.5, 0.6) is 11.5 Å². The maximum atomic E-state index is 13.0. The predicted octanol–water partition coefficient (Wildman–Crippen LogP) is 1.98. The average molecular weight is 329 g/mol. The number of ether oxygens (including phenoxy) is 3. The molecule has 0 aliphatic carbocycles. The molecule has 0 radical (unpaired) electrons. The third-order valence-electron chi connectivity index (χ3n) is 4.00. The van der Waals surface area contributed by atoms with Crippen LogP contribution in [0.1, 0.15) is 18.4 Å². The summed E-state index contributed by atoms with van der Waals surface area (Å²) in [7, 11) is 0. The van der Waals surface area contributed by atoms with Gasteiger partial charge in [0.1, 0.15) is 6.04 Å². The summed E-state index contributed by atoms with van der Waals surface area (Å²) in [5, 5.41) is 12.4. The van der Waals surface area contributed by atoms with Gasteiger partial charge in [-0.3, -0.25) is 4.79 Å². The molecule has 2 heterocycles. The van der Waals surface area contributed by atoms with Crippen molar-refractivity contribution in [3.63, 3.8) is 0 Å². The zero-order chi connectivity index (χ0) is 16.4. The fraction of sp³-hybridized carbons (Fsp3) is 0.533. The molecule has 1 unspecified atom stereocenters. The molecule has 0 spiro atoms. The summed E-state index contributed by atoms with van der Waals surface area (Å²) < 4.78 is 39.9. The van der Waals surface area contributed by atoms with Crippen LogP contribution in [0.15, 0.2) is 18.2 Å². The minimum atomic E-state index is -3.65. The van der Waals surface area contributed by atoms with Crippen LogP contribution < -0.4 is 14.8 Å². The molecule has 2 N–H and O–H groups in total. The fourth-order valence-electron chi connectivity index (χ4n) is 2.84. The van der Waals surface area contributed by atoms with E-state index in [1.165, 1.54) is 12.1 Å². The molecular weight excluding hydrogens is 312 g/mol. The molecule has 2 aliphatic rings. The number of nitrogens with one attached hydrogen (secondary N) is 1. The van der Waals surface area contributed by atoms with Crippen molar-refractivity contribution in [2.75, 3.05) is 13.2 Å². The molecule has 1 saturated heterocycles. The van der Waals surface area contributed by atoms with Gasteiger partial charge in [0.15, 0.2) is 11.5 Å².